The first-order valence-corrected chi connectivity index (χ1v) is 7.53. The number of amides is 4. The number of rotatable bonds is 6. The van der Waals surface area contributed by atoms with Crippen LogP contribution in [-0.4, -0.2) is 48.4 Å². The molecule has 1 aromatic rings. The number of esters is 1. The number of nitrogens with one attached hydrogen (secondary N) is 2. The zero-order valence-electron chi connectivity index (χ0n) is 13.3. The number of carbonyl (C=O) groups is 4. The summed E-state index contributed by atoms with van der Waals surface area (Å²) in [6.45, 7) is 1.50. The minimum absolute atomic E-state index is 0.108. The lowest BCUT2D eigenvalue weighted by molar-refractivity contribution is -0.151. The van der Waals surface area contributed by atoms with E-state index in [0.29, 0.717) is 6.54 Å². The minimum Gasteiger partial charge on any atom is -0.455 e. The lowest BCUT2D eigenvalue weighted by atomic mass is 10.0. The fraction of sp³-hybridized carbons (Fsp3) is 0.375. The summed E-state index contributed by atoms with van der Waals surface area (Å²) in [4.78, 5) is 47.4. The molecule has 0 spiro atoms. The summed E-state index contributed by atoms with van der Waals surface area (Å²) < 4.78 is 4.94. The van der Waals surface area contributed by atoms with Gasteiger partial charge in [0.05, 0.1) is 12.5 Å². The van der Waals surface area contributed by atoms with Crippen LogP contribution in [0.4, 0.5) is 4.79 Å². The van der Waals surface area contributed by atoms with Gasteiger partial charge in [-0.3, -0.25) is 19.3 Å². The first-order chi connectivity index (χ1) is 11.5. The molecule has 24 heavy (non-hydrogen) atoms. The highest BCUT2D eigenvalue weighted by Crippen LogP contribution is 2.17. The summed E-state index contributed by atoms with van der Waals surface area (Å²) in [7, 11) is 0. The quantitative estimate of drug-likeness (QED) is 0.731. The van der Waals surface area contributed by atoms with Crippen LogP contribution in [0.1, 0.15) is 24.9 Å². The molecule has 8 heteroatoms. The number of urea groups is 1. The van der Waals surface area contributed by atoms with Crippen LogP contribution in [0.25, 0.3) is 0 Å². The van der Waals surface area contributed by atoms with E-state index in [1.54, 1.807) is 24.3 Å². The Hall–Kier alpha value is -2.90. The Morgan fingerprint density at radius 3 is 2.58 bits per heavy atom. The zero-order valence-corrected chi connectivity index (χ0v) is 13.3. The molecule has 1 heterocycles. The first-order valence-electron chi connectivity index (χ1n) is 7.53. The monoisotopic (exact) mass is 333 g/mol. The normalized spacial score (nSPS) is 14.7. The van der Waals surface area contributed by atoms with Crippen molar-refractivity contribution in [2.75, 3.05) is 19.7 Å². The number of hydrogen-bond donors (Lipinski definition) is 2. The van der Waals surface area contributed by atoms with Crippen molar-refractivity contribution >= 4 is 23.8 Å². The van der Waals surface area contributed by atoms with E-state index in [9.17, 15) is 19.2 Å². The van der Waals surface area contributed by atoms with Gasteiger partial charge in [-0.15, -0.1) is 0 Å². The van der Waals surface area contributed by atoms with Crippen LogP contribution >= 0.6 is 0 Å². The van der Waals surface area contributed by atoms with Gasteiger partial charge in [-0.05, 0) is 5.56 Å². The molecule has 0 aliphatic carbocycles. The number of ether oxygens (including phenoxy) is 1. The van der Waals surface area contributed by atoms with E-state index in [1.807, 2.05) is 6.07 Å². The van der Waals surface area contributed by atoms with E-state index in [4.69, 9.17) is 4.74 Å². The van der Waals surface area contributed by atoms with E-state index < -0.39 is 30.6 Å². The Kier molecular flexibility index (Phi) is 5.89. The van der Waals surface area contributed by atoms with Gasteiger partial charge < -0.3 is 15.4 Å². The molecule has 4 amide bonds. The molecule has 0 unspecified atom stereocenters. The standard InChI is InChI=1S/C16H19N3O5/c1-11(20)18-13(12-5-3-2-4-6-12)9-15(22)24-10-14(21)19-8-7-17-16(19)23/h2-6,13H,7-10H2,1H3,(H,17,23)(H,18,20)/t13-/m1/s1. The molecule has 128 valence electrons. The number of nitrogens with zero attached hydrogens (tertiary/aromatic N) is 1. The van der Waals surface area contributed by atoms with Crippen LogP contribution in [0.15, 0.2) is 30.3 Å². The largest absolute Gasteiger partial charge is 0.455 e. The second-order valence-electron chi connectivity index (χ2n) is 5.31. The highest BCUT2D eigenvalue weighted by molar-refractivity contribution is 5.96. The smallest absolute Gasteiger partial charge is 0.324 e. The third-order valence-electron chi connectivity index (χ3n) is 3.46. The molecule has 1 fully saturated rings. The van der Waals surface area contributed by atoms with Crippen molar-refractivity contribution in [1.82, 2.24) is 15.5 Å². The number of carbonyl (C=O) groups excluding carboxylic acids is 4. The summed E-state index contributed by atoms with van der Waals surface area (Å²) in [5.41, 5.74) is 0.759. The van der Waals surface area contributed by atoms with Gasteiger partial charge >= 0.3 is 12.0 Å². The van der Waals surface area contributed by atoms with Crippen molar-refractivity contribution in [3.05, 3.63) is 35.9 Å². The van der Waals surface area contributed by atoms with Crippen LogP contribution in [-0.2, 0) is 19.1 Å². The van der Waals surface area contributed by atoms with Gasteiger partial charge in [0, 0.05) is 20.0 Å². The average Bonchev–Trinajstić information content (AvgIpc) is 2.98. The lowest BCUT2D eigenvalue weighted by Gasteiger charge is -2.18. The van der Waals surface area contributed by atoms with Gasteiger partial charge in [0.1, 0.15) is 0 Å². The van der Waals surface area contributed by atoms with Crippen molar-refractivity contribution in [3.63, 3.8) is 0 Å². The van der Waals surface area contributed by atoms with Crippen LogP contribution in [0.2, 0.25) is 0 Å². The Morgan fingerprint density at radius 2 is 2.00 bits per heavy atom. The van der Waals surface area contributed by atoms with E-state index in [2.05, 4.69) is 10.6 Å². The second-order valence-corrected chi connectivity index (χ2v) is 5.31. The van der Waals surface area contributed by atoms with Gasteiger partial charge in [0.25, 0.3) is 5.91 Å². The minimum atomic E-state index is -0.634. The molecule has 8 nitrogen and oxygen atoms in total. The van der Waals surface area contributed by atoms with Crippen LogP contribution < -0.4 is 10.6 Å². The predicted molar refractivity (Wildman–Crippen MR) is 83.7 cm³/mol. The fourth-order valence-corrected chi connectivity index (χ4v) is 2.34. The van der Waals surface area contributed by atoms with E-state index in [1.165, 1.54) is 6.92 Å². The molecule has 1 aliphatic rings. The van der Waals surface area contributed by atoms with Crippen LogP contribution in [0, 0.1) is 0 Å². The Bertz CT molecular complexity index is 632. The van der Waals surface area contributed by atoms with Crippen LogP contribution in [0.3, 0.4) is 0 Å². The van der Waals surface area contributed by atoms with Gasteiger partial charge in [-0.25, -0.2) is 4.79 Å². The predicted octanol–water partition coefficient (Wildman–Crippen LogP) is 0.349. The summed E-state index contributed by atoms with van der Waals surface area (Å²) in [5.74, 6) is -1.49. The van der Waals surface area contributed by atoms with Gasteiger partial charge in [0.2, 0.25) is 5.91 Å². The summed E-state index contributed by atoms with van der Waals surface area (Å²) in [6, 6.07) is 7.96. The van der Waals surface area contributed by atoms with Gasteiger partial charge in [-0.1, -0.05) is 30.3 Å². The molecule has 1 aromatic carbocycles. The SMILES string of the molecule is CC(=O)N[C@H](CC(=O)OCC(=O)N1CCNC1=O)c1ccccc1. The van der Waals surface area contributed by atoms with Crippen molar-refractivity contribution in [2.45, 2.75) is 19.4 Å². The van der Waals surface area contributed by atoms with Crippen molar-refractivity contribution in [1.29, 1.82) is 0 Å². The lowest BCUT2D eigenvalue weighted by Crippen LogP contribution is -2.37. The molecule has 2 N–H and O–H groups in total. The number of imide groups is 1. The molecular weight excluding hydrogens is 314 g/mol. The van der Waals surface area contributed by atoms with Crippen LogP contribution in [0.5, 0.6) is 0 Å². The Morgan fingerprint density at radius 1 is 1.29 bits per heavy atom. The maximum absolute atomic E-state index is 12.0. The van der Waals surface area contributed by atoms with Crippen molar-refractivity contribution in [3.8, 4) is 0 Å². The molecule has 0 bridgehead atoms. The summed E-state index contributed by atoms with van der Waals surface area (Å²) in [5, 5.41) is 5.17. The molecule has 1 saturated heterocycles. The summed E-state index contributed by atoms with van der Waals surface area (Å²) >= 11 is 0. The highest BCUT2D eigenvalue weighted by atomic mass is 16.5. The Labute approximate surface area is 139 Å². The highest BCUT2D eigenvalue weighted by Gasteiger charge is 2.27. The maximum atomic E-state index is 12.0. The number of benzene rings is 1. The van der Waals surface area contributed by atoms with E-state index in [0.717, 1.165) is 10.5 Å². The van der Waals surface area contributed by atoms with Crippen molar-refractivity contribution < 1.29 is 23.9 Å². The number of hydrogen-bond acceptors (Lipinski definition) is 5. The van der Waals surface area contributed by atoms with E-state index in [-0.39, 0.29) is 18.9 Å². The second kappa shape index (κ2) is 8.09. The average molecular weight is 333 g/mol. The third kappa shape index (κ3) is 4.80. The van der Waals surface area contributed by atoms with Crippen molar-refractivity contribution in [2.24, 2.45) is 0 Å². The van der Waals surface area contributed by atoms with Gasteiger partial charge in [0.15, 0.2) is 6.61 Å². The third-order valence-corrected chi connectivity index (χ3v) is 3.46. The molecular formula is C16H19N3O5. The Balaban J connectivity index is 1.89. The maximum Gasteiger partial charge on any atom is 0.324 e. The fourth-order valence-electron chi connectivity index (χ4n) is 2.34. The topological polar surface area (TPSA) is 105 Å². The molecule has 0 radical (unpaired) electrons. The zero-order chi connectivity index (χ0) is 17.5. The molecule has 1 atom stereocenters. The molecule has 1 aliphatic heterocycles. The summed E-state index contributed by atoms with van der Waals surface area (Å²) in [6.07, 6.45) is -0.108. The van der Waals surface area contributed by atoms with Gasteiger partial charge in [-0.2, -0.15) is 0 Å². The first kappa shape index (κ1) is 17.5. The van der Waals surface area contributed by atoms with E-state index >= 15 is 0 Å². The molecule has 0 aromatic heterocycles. The molecule has 2 rings (SSSR count). The molecule has 0 saturated carbocycles.